The van der Waals surface area contributed by atoms with E-state index >= 15 is 0 Å². The number of nitrogens with one attached hydrogen (secondary N) is 2. The van der Waals surface area contributed by atoms with E-state index in [0.29, 0.717) is 12.0 Å². The van der Waals surface area contributed by atoms with E-state index in [2.05, 4.69) is 10.6 Å². The second-order valence-electron chi connectivity index (χ2n) is 5.79. The molecule has 28 heavy (non-hydrogen) atoms. The van der Waals surface area contributed by atoms with Gasteiger partial charge in [0.05, 0.1) is 28.9 Å². The third-order valence-corrected chi connectivity index (χ3v) is 4.15. The van der Waals surface area contributed by atoms with E-state index in [4.69, 9.17) is 21.1 Å². The molecule has 2 rings (SSSR count). The van der Waals surface area contributed by atoms with Gasteiger partial charge in [-0.2, -0.15) is 0 Å². The quantitative estimate of drug-likeness (QED) is 0.532. The van der Waals surface area contributed by atoms with Gasteiger partial charge in [-0.25, -0.2) is 18.8 Å². The molecule has 9 heteroatoms. The van der Waals surface area contributed by atoms with Crippen LogP contribution in [0, 0.1) is 5.82 Å². The van der Waals surface area contributed by atoms with Crippen LogP contribution in [0.2, 0.25) is 5.02 Å². The van der Waals surface area contributed by atoms with Gasteiger partial charge in [0.2, 0.25) is 0 Å². The van der Waals surface area contributed by atoms with Gasteiger partial charge in [0.1, 0.15) is 12.4 Å². The summed E-state index contributed by atoms with van der Waals surface area (Å²) in [6, 6.07) is 2.95. The summed E-state index contributed by atoms with van der Waals surface area (Å²) in [4.78, 5) is 36.0. The molecule has 1 aromatic rings. The molecular formula is C19H20ClFN2O5. The zero-order valence-corrected chi connectivity index (χ0v) is 16.1. The number of hydrogen-bond donors (Lipinski definition) is 2. The Kier molecular flexibility index (Phi) is 7.57. The minimum atomic E-state index is -0.711. The summed E-state index contributed by atoms with van der Waals surface area (Å²) in [7, 11) is 0. The molecule has 2 amide bonds. The Labute approximate surface area is 166 Å². The predicted octanol–water partition coefficient (Wildman–Crippen LogP) is 2.94. The van der Waals surface area contributed by atoms with Crippen LogP contribution in [0.15, 0.2) is 35.5 Å². The first-order valence-electron chi connectivity index (χ1n) is 8.63. The highest BCUT2D eigenvalue weighted by Gasteiger charge is 2.31. The van der Waals surface area contributed by atoms with Crippen LogP contribution in [0.1, 0.15) is 25.8 Å². The number of urea groups is 1. The number of halogens is 2. The lowest BCUT2D eigenvalue weighted by Gasteiger charge is -2.28. The Morgan fingerprint density at radius 2 is 2.04 bits per heavy atom. The third-order valence-electron chi connectivity index (χ3n) is 3.86. The van der Waals surface area contributed by atoms with E-state index < -0.39 is 29.8 Å². The van der Waals surface area contributed by atoms with Crippen LogP contribution in [0.5, 0.6) is 0 Å². The first kappa shape index (κ1) is 21.4. The molecule has 0 fully saturated rings. The maximum absolute atomic E-state index is 13.1. The number of carbonyl (C=O) groups is 3. The largest absolute Gasteiger partial charge is 0.463 e. The number of hydrogen-bond acceptors (Lipinski definition) is 5. The SMILES string of the molecule is CCOC(=O)C1=C(COC(=O)/C=C/c2ccc(F)c(Cl)c2)NC(=O)N[C@@H]1CC. The highest BCUT2D eigenvalue weighted by molar-refractivity contribution is 6.30. The van der Waals surface area contributed by atoms with Gasteiger partial charge in [-0.15, -0.1) is 0 Å². The monoisotopic (exact) mass is 410 g/mol. The Hall–Kier alpha value is -2.87. The van der Waals surface area contributed by atoms with Crippen molar-refractivity contribution >= 4 is 35.6 Å². The van der Waals surface area contributed by atoms with E-state index in [9.17, 15) is 18.8 Å². The van der Waals surface area contributed by atoms with Crippen molar-refractivity contribution in [2.45, 2.75) is 26.3 Å². The molecular weight excluding hydrogens is 391 g/mol. The smallest absolute Gasteiger partial charge is 0.338 e. The molecule has 0 spiro atoms. The topological polar surface area (TPSA) is 93.7 Å². The Bertz CT molecular complexity index is 838. The minimum Gasteiger partial charge on any atom is -0.463 e. The van der Waals surface area contributed by atoms with Gasteiger partial charge in [-0.05, 0) is 37.1 Å². The van der Waals surface area contributed by atoms with Gasteiger partial charge in [-0.3, -0.25) is 0 Å². The predicted molar refractivity (Wildman–Crippen MR) is 101 cm³/mol. The van der Waals surface area contributed by atoms with Gasteiger partial charge in [0.25, 0.3) is 0 Å². The first-order chi connectivity index (χ1) is 13.3. The third kappa shape index (κ3) is 5.56. The molecule has 2 N–H and O–H groups in total. The molecule has 0 saturated heterocycles. The maximum Gasteiger partial charge on any atom is 0.338 e. The molecule has 0 radical (unpaired) electrons. The van der Waals surface area contributed by atoms with Gasteiger partial charge in [0, 0.05) is 6.08 Å². The first-order valence-corrected chi connectivity index (χ1v) is 9.01. The zero-order chi connectivity index (χ0) is 20.7. The fourth-order valence-corrected chi connectivity index (χ4v) is 2.74. The molecule has 0 saturated carbocycles. The summed E-state index contributed by atoms with van der Waals surface area (Å²) in [5, 5.41) is 5.04. The van der Waals surface area contributed by atoms with E-state index in [1.54, 1.807) is 13.8 Å². The standard InChI is InChI=1S/C19H20ClFN2O5/c1-3-14-17(18(25)27-4-2)15(23-19(26)22-14)10-28-16(24)8-6-11-5-7-13(21)12(20)9-11/h5-9,14H,3-4,10H2,1-2H3,(H2,22,23,26)/b8-6+/t14-/m1/s1. The summed E-state index contributed by atoms with van der Waals surface area (Å²) in [6.45, 7) is 3.32. The molecule has 0 aliphatic carbocycles. The Morgan fingerprint density at radius 3 is 2.68 bits per heavy atom. The van der Waals surface area contributed by atoms with Gasteiger partial charge < -0.3 is 20.1 Å². The lowest BCUT2D eigenvalue weighted by molar-refractivity contribution is -0.140. The van der Waals surface area contributed by atoms with Gasteiger partial charge >= 0.3 is 18.0 Å². The number of amides is 2. The van der Waals surface area contributed by atoms with Crippen LogP contribution in [0.25, 0.3) is 6.08 Å². The lowest BCUT2D eigenvalue weighted by atomic mass is 10.0. The molecule has 0 unspecified atom stereocenters. The number of rotatable bonds is 7. The number of carbonyl (C=O) groups excluding carboxylic acids is 3. The molecule has 150 valence electrons. The van der Waals surface area contributed by atoms with E-state index in [1.165, 1.54) is 24.3 Å². The number of esters is 2. The molecule has 0 aromatic heterocycles. The fraction of sp³-hybridized carbons (Fsp3) is 0.316. The van der Waals surface area contributed by atoms with Gasteiger partial charge in [-0.1, -0.05) is 24.6 Å². The zero-order valence-electron chi connectivity index (χ0n) is 15.4. The highest BCUT2D eigenvalue weighted by Crippen LogP contribution is 2.18. The average molecular weight is 411 g/mol. The van der Waals surface area contributed by atoms with Crippen LogP contribution in [0.4, 0.5) is 9.18 Å². The summed E-state index contributed by atoms with van der Waals surface area (Å²) in [6.07, 6.45) is 3.00. The molecule has 0 bridgehead atoms. The van der Waals surface area contributed by atoms with Crippen molar-refractivity contribution in [3.63, 3.8) is 0 Å². The molecule has 7 nitrogen and oxygen atoms in total. The summed E-state index contributed by atoms with van der Waals surface area (Å²) in [5.74, 6) is -1.87. The van der Waals surface area contributed by atoms with Crippen LogP contribution in [-0.4, -0.2) is 37.2 Å². The van der Waals surface area contributed by atoms with Crippen LogP contribution < -0.4 is 10.6 Å². The summed E-state index contributed by atoms with van der Waals surface area (Å²) >= 11 is 5.68. The van der Waals surface area contributed by atoms with E-state index in [-0.39, 0.29) is 29.5 Å². The second kappa shape index (κ2) is 9.89. The van der Waals surface area contributed by atoms with Crippen LogP contribution in [0.3, 0.4) is 0 Å². The van der Waals surface area contributed by atoms with Crippen molar-refractivity contribution in [2.75, 3.05) is 13.2 Å². The van der Waals surface area contributed by atoms with Crippen molar-refractivity contribution in [1.29, 1.82) is 0 Å². The molecule has 1 aliphatic rings. The van der Waals surface area contributed by atoms with Crippen LogP contribution in [-0.2, 0) is 19.1 Å². The van der Waals surface area contributed by atoms with Crippen molar-refractivity contribution in [3.05, 3.63) is 51.9 Å². The summed E-state index contributed by atoms with van der Waals surface area (Å²) < 4.78 is 23.3. The van der Waals surface area contributed by atoms with Crippen molar-refractivity contribution in [1.82, 2.24) is 10.6 Å². The number of benzene rings is 1. The average Bonchev–Trinajstić information content (AvgIpc) is 2.66. The normalized spacial score (nSPS) is 16.6. The van der Waals surface area contributed by atoms with E-state index in [1.807, 2.05) is 0 Å². The van der Waals surface area contributed by atoms with E-state index in [0.717, 1.165) is 6.08 Å². The molecule has 1 atom stereocenters. The lowest BCUT2D eigenvalue weighted by Crippen LogP contribution is -2.51. The van der Waals surface area contributed by atoms with Crippen molar-refractivity contribution in [3.8, 4) is 0 Å². The fourth-order valence-electron chi connectivity index (χ4n) is 2.55. The molecule has 1 heterocycles. The molecule has 1 aromatic carbocycles. The highest BCUT2D eigenvalue weighted by atomic mass is 35.5. The maximum atomic E-state index is 13.1. The number of ether oxygens (including phenoxy) is 2. The van der Waals surface area contributed by atoms with Crippen LogP contribution >= 0.6 is 11.6 Å². The Balaban J connectivity index is 2.10. The van der Waals surface area contributed by atoms with Gasteiger partial charge in [0.15, 0.2) is 0 Å². The van der Waals surface area contributed by atoms with Crippen molar-refractivity contribution < 1.29 is 28.2 Å². The summed E-state index contributed by atoms with van der Waals surface area (Å²) in [5.41, 5.74) is 0.891. The minimum absolute atomic E-state index is 0.0669. The second-order valence-corrected chi connectivity index (χ2v) is 6.19. The van der Waals surface area contributed by atoms with Crippen molar-refractivity contribution in [2.24, 2.45) is 0 Å². The Morgan fingerprint density at radius 1 is 1.29 bits per heavy atom. The molecule has 1 aliphatic heterocycles.